The molecule has 0 radical (unpaired) electrons. The molecule has 17 heavy (non-hydrogen) atoms. The van der Waals surface area contributed by atoms with Crippen molar-refractivity contribution in [1.29, 1.82) is 0 Å². The molecule has 1 aromatic heterocycles. The van der Waals surface area contributed by atoms with Crippen molar-refractivity contribution in [1.82, 2.24) is 9.88 Å². The molecule has 1 aromatic rings. The molecule has 1 atom stereocenters. The molecular formula is C12H14N2O3. The molecule has 0 aromatic carbocycles. The zero-order valence-electron chi connectivity index (χ0n) is 9.54. The summed E-state index contributed by atoms with van der Waals surface area (Å²) in [5, 5.41) is 9.25. The molecule has 0 aliphatic heterocycles. The van der Waals surface area contributed by atoms with Crippen LogP contribution in [0.2, 0.25) is 0 Å². The van der Waals surface area contributed by atoms with Gasteiger partial charge in [0, 0.05) is 23.5 Å². The Hall–Kier alpha value is -1.91. The fraction of sp³-hybridized carbons (Fsp3) is 0.417. The fourth-order valence-corrected chi connectivity index (χ4v) is 1.81. The molecule has 1 unspecified atom stereocenters. The van der Waals surface area contributed by atoms with Crippen LogP contribution >= 0.6 is 0 Å². The third-order valence-electron chi connectivity index (χ3n) is 2.87. The van der Waals surface area contributed by atoms with Crippen LogP contribution in [0.3, 0.4) is 0 Å². The lowest BCUT2D eigenvalue weighted by molar-refractivity contribution is -0.147. The first-order valence-electron chi connectivity index (χ1n) is 5.51. The third kappa shape index (κ3) is 2.43. The number of carboxylic acids is 1. The highest BCUT2D eigenvalue weighted by atomic mass is 16.4. The van der Waals surface area contributed by atoms with Gasteiger partial charge in [0.15, 0.2) is 6.04 Å². The number of pyridine rings is 1. The quantitative estimate of drug-likeness (QED) is 0.775. The van der Waals surface area contributed by atoms with E-state index in [1.165, 1.54) is 11.1 Å². The number of carboxylic acid groups (broad SMARTS) is 1. The highest BCUT2D eigenvalue weighted by Gasteiger charge is 2.37. The maximum Gasteiger partial charge on any atom is 0.331 e. The van der Waals surface area contributed by atoms with Gasteiger partial charge in [-0.15, -0.1) is 0 Å². The molecule has 2 rings (SSSR count). The van der Waals surface area contributed by atoms with Gasteiger partial charge >= 0.3 is 5.97 Å². The van der Waals surface area contributed by atoms with E-state index < -0.39 is 12.0 Å². The molecule has 1 aliphatic carbocycles. The second-order valence-electron chi connectivity index (χ2n) is 4.26. The van der Waals surface area contributed by atoms with E-state index in [0.29, 0.717) is 12.0 Å². The number of carbonyl (C=O) groups is 2. The zero-order valence-corrected chi connectivity index (χ0v) is 9.54. The highest BCUT2D eigenvalue weighted by molar-refractivity contribution is 5.78. The van der Waals surface area contributed by atoms with Crippen LogP contribution in [0.15, 0.2) is 18.3 Å². The van der Waals surface area contributed by atoms with Gasteiger partial charge in [0.1, 0.15) is 0 Å². The van der Waals surface area contributed by atoms with Crippen molar-refractivity contribution >= 4 is 12.4 Å². The first kappa shape index (κ1) is 11.6. The van der Waals surface area contributed by atoms with Crippen LogP contribution in [-0.2, 0) is 9.59 Å². The molecule has 0 bridgehead atoms. The van der Waals surface area contributed by atoms with Crippen molar-refractivity contribution < 1.29 is 14.7 Å². The van der Waals surface area contributed by atoms with Crippen LogP contribution in [0.5, 0.6) is 0 Å². The smallest absolute Gasteiger partial charge is 0.331 e. The molecule has 1 amide bonds. The van der Waals surface area contributed by atoms with E-state index in [1.54, 1.807) is 12.1 Å². The SMILES string of the molecule is Cc1ccc(C(C(=O)O)N(C=O)C2CC2)cn1. The average molecular weight is 234 g/mol. The number of carbonyl (C=O) groups excluding carboxylic acids is 1. The number of amides is 1. The van der Waals surface area contributed by atoms with Crippen LogP contribution in [0.4, 0.5) is 0 Å². The summed E-state index contributed by atoms with van der Waals surface area (Å²) in [6.45, 7) is 1.83. The first-order chi connectivity index (χ1) is 8.13. The van der Waals surface area contributed by atoms with Crippen LogP contribution in [0, 0.1) is 6.92 Å². The number of rotatable bonds is 5. The van der Waals surface area contributed by atoms with Crippen molar-refractivity contribution in [2.75, 3.05) is 0 Å². The normalized spacial score (nSPS) is 16.3. The van der Waals surface area contributed by atoms with Gasteiger partial charge in [0.25, 0.3) is 0 Å². The Balaban J connectivity index is 2.30. The summed E-state index contributed by atoms with van der Waals surface area (Å²) in [5.41, 5.74) is 1.36. The van der Waals surface area contributed by atoms with Gasteiger partial charge in [0.05, 0.1) is 0 Å². The molecule has 5 nitrogen and oxygen atoms in total. The largest absolute Gasteiger partial charge is 0.479 e. The molecule has 90 valence electrons. The standard InChI is InChI=1S/C12H14N2O3/c1-8-2-3-9(6-13-8)11(12(16)17)14(7-15)10-4-5-10/h2-3,6-7,10-11H,4-5H2,1H3,(H,16,17). The topological polar surface area (TPSA) is 70.5 Å². The lowest BCUT2D eigenvalue weighted by atomic mass is 10.1. The Morgan fingerprint density at radius 3 is 2.71 bits per heavy atom. The summed E-state index contributed by atoms with van der Waals surface area (Å²) in [6.07, 6.45) is 3.90. The molecule has 0 spiro atoms. The van der Waals surface area contributed by atoms with Gasteiger partial charge in [-0.25, -0.2) is 4.79 Å². The monoisotopic (exact) mass is 234 g/mol. The number of aromatic nitrogens is 1. The molecule has 1 fully saturated rings. The first-order valence-corrected chi connectivity index (χ1v) is 5.51. The molecule has 5 heteroatoms. The summed E-state index contributed by atoms with van der Waals surface area (Å²) < 4.78 is 0. The van der Waals surface area contributed by atoms with Crippen molar-refractivity contribution in [2.24, 2.45) is 0 Å². The van der Waals surface area contributed by atoms with Crippen LogP contribution in [0.1, 0.15) is 30.1 Å². The number of nitrogens with zero attached hydrogens (tertiary/aromatic N) is 2. The van der Waals surface area contributed by atoms with Gasteiger partial charge in [-0.05, 0) is 25.8 Å². The summed E-state index contributed by atoms with van der Waals surface area (Å²) in [7, 11) is 0. The van der Waals surface area contributed by atoms with Crippen LogP contribution in [0.25, 0.3) is 0 Å². The van der Waals surface area contributed by atoms with Crippen molar-refractivity contribution in [3.05, 3.63) is 29.6 Å². The second-order valence-corrected chi connectivity index (χ2v) is 4.26. The lowest BCUT2D eigenvalue weighted by Crippen LogP contribution is -2.34. The van der Waals surface area contributed by atoms with E-state index in [9.17, 15) is 14.7 Å². The Kier molecular flexibility index (Phi) is 3.08. The minimum absolute atomic E-state index is 0.0647. The third-order valence-corrected chi connectivity index (χ3v) is 2.87. The van der Waals surface area contributed by atoms with Crippen molar-refractivity contribution in [2.45, 2.75) is 31.8 Å². The number of hydrogen-bond donors (Lipinski definition) is 1. The summed E-state index contributed by atoms with van der Waals surface area (Å²) in [5.74, 6) is -1.02. The molecule has 1 N–H and O–H groups in total. The Morgan fingerprint density at radius 2 is 2.29 bits per heavy atom. The molecule has 0 saturated heterocycles. The Bertz CT molecular complexity index is 426. The number of aryl methyl sites for hydroxylation is 1. The van der Waals surface area contributed by atoms with E-state index in [-0.39, 0.29) is 6.04 Å². The summed E-state index contributed by atoms with van der Waals surface area (Å²) in [4.78, 5) is 27.7. The minimum Gasteiger partial charge on any atom is -0.479 e. The minimum atomic E-state index is -1.02. The predicted octanol–water partition coefficient (Wildman–Crippen LogP) is 1.14. The summed E-state index contributed by atoms with van der Waals surface area (Å²) >= 11 is 0. The number of aliphatic carboxylic acids is 1. The Morgan fingerprint density at radius 1 is 1.59 bits per heavy atom. The number of hydrogen-bond acceptors (Lipinski definition) is 3. The van der Waals surface area contributed by atoms with Gasteiger partial charge in [-0.3, -0.25) is 9.78 Å². The Labute approximate surface area is 99.1 Å². The molecular weight excluding hydrogens is 220 g/mol. The van der Waals surface area contributed by atoms with Gasteiger partial charge < -0.3 is 10.0 Å². The van der Waals surface area contributed by atoms with Crippen LogP contribution in [-0.4, -0.2) is 33.4 Å². The van der Waals surface area contributed by atoms with E-state index in [4.69, 9.17) is 0 Å². The van der Waals surface area contributed by atoms with Crippen molar-refractivity contribution in [3.8, 4) is 0 Å². The molecule has 1 saturated carbocycles. The molecule has 1 heterocycles. The second kappa shape index (κ2) is 4.53. The van der Waals surface area contributed by atoms with Crippen molar-refractivity contribution in [3.63, 3.8) is 0 Å². The lowest BCUT2D eigenvalue weighted by Gasteiger charge is -2.24. The fourth-order valence-electron chi connectivity index (χ4n) is 1.81. The van der Waals surface area contributed by atoms with Gasteiger partial charge in [-0.1, -0.05) is 6.07 Å². The maximum atomic E-state index is 11.3. The van der Waals surface area contributed by atoms with E-state index in [2.05, 4.69) is 4.98 Å². The maximum absolute atomic E-state index is 11.3. The predicted molar refractivity (Wildman–Crippen MR) is 60.3 cm³/mol. The van der Waals surface area contributed by atoms with E-state index >= 15 is 0 Å². The summed E-state index contributed by atoms with van der Waals surface area (Å²) in [6, 6.07) is 2.60. The molecule has 1 aliphatic rings. The highest BCUT2D eigenvalue weighted by Crippen LogP contribution is 2.33. The van der Waals surface area contributed by atoms with E-state index in [1.807, 2.05) is 6.92 Å². The van der Waals surface area contributed by atoms with E-state index in [0.717, 1.165) is 18.5 Å². The average Bonchev–Trinajstić information content (AvgIpc) is 3.11. The van der Waals surface area contributed by atoms with Gasteiger partial charge in [-0.2, -0.15) is 0 Å². The van der Waals surface area contributed by atoms with Gasteiger partial charge in [0.2, 0.25) is 6.41 Å². The van der Waals surface area contributed by atoms with Crippen LogP contribution < -0.4 is 0 Å². The zero-order chi connectivity index (χ0) is 12.4.